The Morgan fingerprint density at radius 1 is 0.924 bits per heavy atom. The van der Waals surface area contributed by atoms with E-state index in [1.54, 1.807) is 20.8 Å². The first-order chi connectivity index (χ1) is 31.1. The van der Waals surface area contributed by atoms with Gasteiger partial charge >= 0.3 is 5.97 Å². The fraction of sp³-hybridized carbons (Fsp3) is 0.824. The van der Waals surface area contributed by atoms with Gasteiger partial charge in [0.1, 0.15) is 30.3 Å². The number of ketones is 1. The van der Waals surface area contributed by atoms with E-state index < -0.39 is 77.3 Å². The minimum Gasteiger partial charge on any atom is -0.459 e. The number of aliphatic hydroxyl groups excluding tert-OH is 2. The Hall–Kier alpha value is -2.57. The summed E-state index contributed by atoms with van der Waals surface area (Å²) in [5, 5.41) is 46.7. The van der Waals surface area contributed by atoms with Gasteiger partial charge in [-0.05, 0) is 123 Å². The van der Waals surface area contributed by atoms with Crippen molar-refractivity contribution in [3.05, 3.63) is 35.4 Å². The van der Waals surface area contributed by atoms with Gasteiger partial charge in [0.15, 0.2) is 12.1 Å². The Kier molecular flexibility index (Phi) is 24.1. The number of ether oxygens (including phenoxy) is 5. The van der Waals surface area contributed by atoms with Crippen molar-refractivity contribution in [2.45, 2.75) is 175 Å². The normalized spacial score (nSPS) is 34.1. The molecule has 0 aliphatic carbocycles. The van der Waals surface area contributed by atoms with E-state index in [2.05, 4.69) is 60.8 Å². The zero-order valence-electron chi connectivity index (χ0n) is 43.0. The third-order valence-electron chi connectivity index (χ3n) is 13.9. The standard InChI is InChI=1S/C51H90N4O11/c1-15-42-51(11,60)46(58)36(7)43(54-63-27-24-52-22-16-25-62-26-17-23-53-31-33(4)28-39-18-20-40(21-19-39)32(2)3)34(5)30-50(10,61-14)47(37(8)44(56)38(9)48(59)65-42)66-49-45(57)41(55(12)13)29-35(6)64-49/h18-21,32-38,41-42,45-47,49,52-53,57-58,60H,15-17,22-31H2,1-14H3/b54-43+/t33?,34-,35-,36+,37+,38-,41+,42+,45-,46-,47-,49+,50+,51-/m1/s1. The molecule has 3 rings (SSSR count). The fourth-order valence-electron chi connectivity index (χ4n) is 9.54. The van der Waals surface area contributed by atoms with Crippen LogP contribution in [0.15, 0.2) is 29.4 Å². The highest BCUT2D eigenvalue weighted by Gasteiger charge is 2.51. The number of benzene rings is 1. The molecule has 5 N–H and O–H groups in total. The number of rotatable bonds is 22. The van der Waals surface area contributed by atoms with Gasteiger partial charge in [-0.3, -0.25) is 9.59 Å². The van der Waals surface area contributed by atoms with Crippen LogP contribution >= 0.6 is 0 Å². The predicted octanol–water partition coefficient (Wildman–Crippen LogP) is 5.50. The number of esters is 1. The molecule has 1 aromatic carbocycles. The van der Waals surface area contributed by atoms with Gasteiger partial charge < -0.3 is 59.4 Å². The Bertz CT molecular complexity index is 1610. The molecule has 1 unspecified atom stereocenters. The zero-order valence-corrected chi connectivity index (χ0v) is 43.0. The summed E-state index contributed by atoms with van der Waals surface area (Å²) in [6.45, 7) is 25.2. The third kappa shape index (κ3) is 16.5. The van der Waals surface area contributed by atoms with Gasteiger partial charge in [-0.2, -0.15) is 0 Å². The van der Waals surface area contributed by atoms with Gasteiger partial charge in [0.2, 0.25) is 0 Å². The van der Waals surface area contributed by atoms with Crippen molar-refractivity contribution >= 4 is 17.5 Å². The molecule has 0 spiro atoms. The SMILES string of the molecule is CC[C@@H]1OC(=O)[C@H](C)C(=O)[C@H](C)[C@@H](O[C@@H]2O[C@H](C)C[C@H](N(C)C)[C@H]2O)[C@@](C)(OC)C[C@@H](C)/C(=N\OCCNCCCOCCCNCC(C)Cc2ccc(C(C)C)cc2)[C@H](C)[C@@H](O)[C@]1(C)O. The van der Waals surface area contributed by atoms with Crippen LogP contribution < -0.4 is 10.6 Å². The van der Waals surface area contributed by atoms with Crippen molar-refractivity contribution in [1.29, 1.82) is 0 Å². The minimum atomic E-state index is -1.91. The predicted molar refractivity (Wildman–Crippen MR) is 258 cm³/mol. The number of carbonyl (C=O) groups excluding carboxylic acids is 2. The summed E-state index contributed by atoms with van der Waals surface area (Å²) < 4.78 is 30.8. The molecule has 0 bridgehead atoms. The average molecular weight is 935 g/mol. The van der Waals surface area contributed by atoms with Gasteiger partial charge in [0.25, 0.3) is 0 Å². The first-order valence-corrected chi connectivity index (χ1v) is 24.7. The third-order valence-corrected chi connectivity index (χ3v) is 13.9. The summed E-state index contributed by atoms with van der Waals surface area (Å²) in [6, 6.07) is 8.72. The lowest BCUT2D eigenvalue weighted by Crippen LogP contribution is -2.60. The van der Waals surface area contributed by atoms with Crippen molar-refractivity contribution in [2.24, 2.45) is 34.7 Å². The molecule has 15 heteroatoms. The van der Waals surface area contributed by atoms with Crippen LogP contribution in [0.1, 0.15) is 125 Å². The average Bonchev–Trinajstić information content (AvgIpc) is 3.27. The maximum absolute atomic E-state index is 14.2. The quantitative estimate of drug-likeness (QED) is 0.0424. The van der Waals surface area contributed by atoms with E-state index in [0.29, 0.717) is 43.7 Å². The molecule has 0 amide bonds. The highest BCUT2D eigenvalue weighted by molar-refractivity contribution is 6.00. The van der Waals surface area contributed by atoms with Crippen LogP contribution in [0.5, 0.6) is 0 Å². The summed E-state index contributed by atoms with van der Waals surface area (Å²) in [5.41, 5.74) is 0.0679. The van der Waals surface area contributed by atoms with Crippen LogP contribution in [0.25, 0.3) is 0 Å². The van der Waals surface area contributed by atoms with E-state index >= 15 is 0 Å². The van der Waals surface area contributed by atoms with E-state index in [1.807, 2.05) is 39.8 Å². The second-order valence-electron chi connectivity index (χ2n) is 20.3. The number of oxime groups is 1. The molecule has 66 heavy (non-hydrogen) atoms. The smallest absolute Gasteiger partial charge is 0.316 e. The van der Waals surface area contributed by atoms with Crippen LogP contribution in [0.2, 0.25) is 0 Å². The molecule has 2 aliphatic rings. The molecule has 15 nitrogen and oxygen atoms in total. The Labute approximate surface area is 397 Å². The number of carbonyl (C=O) groups is 2. The minimum absolute atomic E-state index is 0.176. The monoisotopic (exact) mass is 935 g/mol. The first-order valence-electron chi connectivity index (χ1n) is 24.7. The highest BCUT2D eigenvalue weighted by Crippen LogP contribution is 2.38. The van der Waals surface area contributed by atoms with E-state index in [4.69, 9.17) is 28.5 Å². The maximum Gasteiger partial charge on any atom is 0.316 e. The number of aliphatic hydroxyl groups is 3. The van der Waals surface area contributed by atoms with E-state index in [9.17, 15) is 24.9 Å². The lowest BCUT2D eigenvalue weighted by atomic mass is 9.74. The molecule has 2 aliphatic heterocycles. The number of nitrogens with one attached hydrogen (secondary N) is 2. The van der Waals surface area contributed by atoms with Crippen molar-refractivity contribution in [2.75, 3.05) is 67.2 Å². The topological polar surface area (TPSA) is 190 Å². The number of Topliss-reactive ketones (excluding diaryl/α,β-unsaturated/α-hetero) is 1. The number of methoxy groups -OCH3 is 1. The summed E-state index contributed by atoms with van der Waals surface area (Å²) in [7, 11) is 5.29. The van der Waals surface area contributed by atoms with Crippen LogP contribution in [-0.2, 0) is 44.5 Å². The van der Waals surface area contributed by atoms with E-state index in [0.717, 1.165) is 38.9 Å². The molecule has 1 aromatic rings. The van der Waals surface area contributed by atoms with Crippen LogP contribution in [0, 0.1) is 29.6 Å². The molecule has 14 atom stereocenters. The molecule has 2 heterocycles. The Balaban J connectivity index is 1.64. The molecule has 380 valence electrons. The van der Waals surface area contributed by atoms with Crippen LogP contribution in [0.3, 0.4) is 0 Å². The second kappa shape index (κ2) is 27.6. The highest BCUT2D eigenvalue weighted by atomic mass is 16.7. The van der Waals surface area contributed by atoms with Crippen molar-refractivity contribution in [1.82, 2.24) is 15.5 Å². The lowest BCUT2D eigenvalue weighted by molar-refractivity contribution is -0.295. The molecular formula is C51H90N4O11. The van der Waals surface area contributed by atoms with Gasteiger partial charge in [0.05, 0.1) is 29.6 Å². The van der Waals surface area contributed by atoms with Gasteiger partial charge in [-0.15, -0.1) is 0 Å². The van der Waals surface area contributed by atoms with Crippen molar-refractivity contribution in [3.8, 4) is 0 Å². The van der Waals surface area contributed by atoms with Crippen LogP contribution in [0.4, 0.5) is 0 Å². The van der Waals surface area contributed by atoms with Crippen molar-refractivity contribution in [3.63, 3.8) is 0 Å². The molecular weight excluding hydrogens is 845 g/mol. The zero-order chi connectivity index (χ0) is 49.4. The van der Waals surface area contributed by atoms with Gasteiger partial charge in [-0.25, -0.2) is 0 Å². The first kappa shape index (κ1) is 57.7. The molecule has 0 saturated carbocycles. The molecule has 0 aromatic heterocycles. The van der Waals surface area contributed by atoms with E-state index in [-0.39, 0.29) is 31.6 Å². The maximum atomic E-state index is 14.2. The largest absolute Gasteiger partial charge is 0.459 e. The fourth-order valence-corrected chi connectivity index (χ4v) is 9.54. The Morgan fingerprint density at radius 2 is 1.56 bits per heavy atom. The lowest BCUT2D eigenvalue weighted by Gasteiger charge is -2.47. The number of cyclic esters (lactones) is 1. The molecule has 0 radical (unpaired) electrons. The number of hydrogen-bond donors (Lipinski definition) is 5. The molecule has 2 fully saturated rings. The summed E-state index contributed by atoms with van der Waals surface area (Å²) in [6.07, 6.45) is -2.17. The summed E-state index contributed by atoms with van der Waals surface area (Å²) >= 11 is 0. The molecule has 2 saturated heterocycles. The van der Waals surface area contributed by atoms with Crippen LogP contribution in [-0.4, -0.2) is 159 Å². The van der Waals surface area contributed by atoms with Gasteiger partial charge in [0, 0.05) is 50.7 Å². The van der Waals surface area contributed by atoms with Gasteiger partial charge in [-0.1, -0.05) is 77.9 Å². The number of likely N-dealkylation sites (N-methyl/N-ethyl adjacent to an activating group) is 1. The van der Waals surface area contributed by atoms with E-state index in [1.165, 1.54) is 32.1 Å². The Morgan fingerprint density at radius 3 is 2.15 bits per heavy atom. The summed E-state index contributed by atoms with van der Waals surface area (Å²) in [5.74, 6) is -3.59. The number of hydrogen-bond acceptors (Lipinski definition) is 15. The summed E-state index contributed by atoms with van der Waals surface area (Å²) in [4.78, 5) is 35.7. The number of nitrogens with zero attached hydrogens (tertiary/aromatic N) is 2. The van der Waals surface area contributed by atoms with Crippen molar-refractivity contribution < 1.29 is 53.4 Å². The second-order valence-corrected chi connectivity index (χ2v) is 20.3.